The van der Waals surface area contributed by atoms with Crippen LogP contribution in [-0.4, -0.2) is 615 Å². The normalized spacial score (nSPS) is 47.0. The van der Waals surface area contributed by atoms with E-state index in [0.29, 0.717) is 0 Å². The third kappa shape index (κ3) is 26.9. The van der Waals surface area contributed by atoms with E-state index in [-0.39, 0.29) is 0 Å². The quantitative estimate of drug-likeness (QED) is 0.0271. The van der Waals surface area contributed by atoms with E-state index in [1.807, 2.05) is 0 Å². The van der Waals surface area contributed by atoms with Gasteiger partial charge >= 0.3 is 5.97 Å². The zero-order valence-electron chi connectivity index (χ0n) is 78.5. The molecule has 0 radical (unpaired) electrons. The fourth-order valence-corrected chi connectivity index (χ4v) is 18.8. The number of hydrogen-bond acceptors (Lipinski definition) is 58. The maximum Gasteiger partial charge on any atom is 0.364 e. The highest BCUT2D eigenvalue weighted by Crippen LogP contribution is 2.44. The number of rotatable bonds is 40. The molecule has 11 rings (SSSR count). The van der Waals surface area contributed by atoms with Gasteiger partial charge in [-0.1, -0.05) is 0 Å². The van der Waals surface area contributed by atoms with Crippen LogP contribution in [0.1, 0.15) is 48.0 Å². The lowest BCUT2D eigenvalue weighted by Gasteiger charge is -2.52. The minimum absolute atomic E-state index is 0.824. The number of nitrogens with one attached hydrogen (secondary N) is 6. The van der Waals surface area contributed by atoms with Gasteiger partial charge in [0.05, 0.1) is 84.8 Å². The number of aliphatic hydroxyl groups excluding tert-OH is 30. The lowest BCUT2D eigenvalue weighted by molar-refractivity contribution is -0.409. The summed E-state index contributed by atoms with van der Waals surface area (Å²) in [6.45, 7) is -8.36. The number of amides is 6. The van der Waals surface area contributed by atoms with Crippen molar-refractivity contribution in [3.63, 3.8) is 0 Å². The van der Waals surface area contributed by atoms with Gasteiger partial charge in [-0.15, -0.1) is 0 Å². The van der Waals surface area contributed by atoms with Crippen LogP contribution in [0.4, 0.5) is 0 Å². The molecule has 0 aromatic carbocycles. The Morgan fingerprint density at radius 3 is 0.966 bits per heavy atom. The molecule has 56 atom stereocenters. The predicted octanol–water partition coefficient (Wildman–Crippen LogP) is -24.9. The van der Waals surface area contributed by atoms with Crippen LogP contribution in [0.15, 0.2) is 0 Å². The van der Waals surface area contributed by atoms with E-state index in [2.05, 4.69) is 31.9 Å². The molecule has 0 aromatic rings. The third-order valence-electron chi connectivity index (χ3n) is 26.4. The number of carboxylic acid groups (broad SMARTS) is 1. The van der Waals surface area contributed by atoms with Crippen LogP contribution < -0.4 is 31.9 Å². The van der Waals surface area contributed by atoms with E-state index in [1.54, 1.807) is 0 Å². The summed E-state index contributed by atoms with van der Waals surface area (Å²) in [4.78, 5) is 91.1. The second kappa shape index (κ2) is 52.5. The van der Waals surface area contributed by atoms with Gasteiger partial charge in [0.2, 0.25) is 35.4 Å². The highest BCUT2D eigenvalue weighted by molar-refractivity contribution is 5.77. The summed E-state index contributed by atoms with van der Waals surface area (Å²) in [6, 6.07) is -11.9. The van der Waals surface area contributed by atoms with Gasteiger partial charge in [-0.2, -0.15) is 0 Å². The largest absolute Gasteiger partial charge is 0.477 e. The SMILES string of the molecule is CC(=O)N[C@H]1[C@H](O[C@H]2[C@H](O)[C@@H](NC(C)=O)C(O)O[C@@H]2CO)O[C@H](CO)[C@@H](O[C@@H]2O[C@H](CO[C@H]3O[C@H](CO)[C@@H](O)[C@H](O)[C@@H]3O[C@@H]3O[C@H](CO)[C@@H](O[C@@H]4O[C@H](CO)[C@H](O)[C@H](O)[C@H]4O)[C@H](O)[C@H]3NC(C)=O)[C@@H](O[C@@H]3O[C@H](CO)[C@@H](O)[C@H](O)[C@H]3NC(C)=O)[C@H](O[C@H]3O[C@H](CO)[C@@H](O)[C@H](O)[C@@H]3O[C@@H]3O[C@H](CO)[C@@H](O[C@@H]4O[C@H](CO[C@]5(C(=O)O)C[C@H](O)[C@@H](NC(C)=O)[C@H]([C@H](O)[C@H](O)CO)O5)[C@H](O)[C@H](O)[C@H]4O)[C@H](O)[C@H]3NC(C)=O)[C@@H]2O)[C@@H]1O. The molecule has 0 aromatic heterocycles. The summed E-state index contributed by atoms with van der Waals surface area (Å²) < 4.78 is 128. The maximum atomic E-state index is 13.5. The van der Waals surface area contributed by atoms with Crippen molar-refractivity contribution in [3.8, 4) is 0 Å². The van der Waals surface area contributed by atoms with Gasteiger partial charge in [0.1, 0.15) is 262 Å². The smallest absolute Gasteiger partial charge is 0.364 e. The molecule has 37 N–H and O–H groups in total. The first-order valence-corrected chi connectivity index (χ1v) is 46.3. The number of carboxylic acids is 1. The Morgan fingerprint density at radius 1 is 0.281 bits per heavy atom. The van der Waals surface area contributed by atoms with Crippen LogP contribution in [-0.2, 0) is 133 Å². The number of carbonyl (C=O) groups is 7. The summed E-state index contributed by atoms with van der Waals surface area (Å²) in [5, 5.41) is 365. The second-order valence-electron chi connectivity index (χ2n) is 36.7. The number of aliphatic hydroxyl groups is 30. The summed E-state index contributed by atoms with van der Waals surface area (Å²) in [5.74, 6) is -11.2. The summed E-state index contributed by atoms with van der Waals surface area (Å²) in [7, 11) is 0. The van der Waals surface area contributed by atoms with E-state index >= 15 is 0 Å². The molecule has 1 unspecified atom stereocenters. The van der Waals surface area contributed by atoms with Gasteiger partial charge < -0.3 is 290 Å². The fraction of sp³-hybridized carbons (Fsp3) is 0.914. The van der Waals surface area contributed by atoms with Crippen molar-refractivity contribution < 1.29 is 291 Å². The molecular weight excluding hydrogens is 2000 g/mol. The van der Waals surface area contributed by atoms with Crippen molar-refractivity contribution in [1.82, 2.24) is 31.9 Å². The maximum absolute atomic E-state index is 13.5. The molecule has 11 aliphatic heterocycles. The topological polar surface area (TPSA) is 1010 Å². The molecule has 842 valence electrons. The molecule has 65 nitrogen and oxygen atoms in total. The summed E-state index contributed by atoms with van der Waals surface area (Å²) in [5.41, 5.74) is 0. The van der Waals surface area contributed by atoms with Crippen LogP contribution in [0, 0.1) is 0 Å². The lowest BCUT2D eigenvalue weighted by Crippen LogP contribution is -2.71. The average Bonchev–Trinajstić information content (AvgIpc) is 0.795. The Labute approximate surface area is 825 Å². The molecule has 11 heterocycles. The van der Waals surface area contributed by atoms with Gasteiger partial charge in [-0.05, 0) is 0 Å². The van der Waals surface area contributed by atoms with Gasteiger partial charge in [0, 0.05) is 48.0 Å². The number of aliphatic carboxylic acids is 1. The van der Waals surface area contributed by atoms with Crippen LogP contribution in [0.3, 0.4) is 0 Å². The van der Waals surface area contributed by atoms with Gasteiger partial charge in [0.15, 0.2) is 62.9 Å². The van der Waals surface area contributed by atoms with Crippen LogP contribution >= 0.6 is 0 Å². The molecule has 0 saturated carbocycles. The summed E-state index contributed by atoms with van der Waals surface area (Å²) in [6.07, 6.45) is -112. The van der Waals surface area contributed by atoms with E-state index in [9.17, 15) is 192 Å². The van der Waals surface area contributed by atoms with Crippen LogP contribution in [0.2, 0.25) is 0 Å². The molecule has 0 spiro atoms. The lowest BCUT2D eigenvalue weighted by atomic mass is 9.88. The highest BCUT2D eigenvalue weighted by atomic mass is 16.8. The molecule has 11 saturated heterocycles. The van der Waals surface area contributed by atoms with E-state index in [4.69, 9.17) is 99.5 Å². The van der Waals surface area contributed by atoms with Crippen LogP contribution in [0.25, 0.3) is 0 Å². The highest BCUT2D eigenvalue weighted by Gasteiger charge is 2.65. The zero-order chi connectivity index (χ0) is 108. The Morgan fingerprint density at radius 2 is 0.568 bits per heavy atom. The van der Waals surface area contributed by atoms with Gasteiger partial charge in [-0.25, -0.2) is 4.79 Å². The van der Waals surface area contributed by atoms with Crippen molar-refractivity contribution in [2.24, 2.45) is 0 Å². The molecule has 0 bridgehead atoms. The number of hydrogen-bond donors (Lipinski definition) is 37. The predicted molar refractivity (Wildman–Crippen MR) is 449 cm³/mol. The first-order chi connectivity index (χ1) is 68.9. The Hall–Kier alpha value is -5.75. The Kier molecular flexibility index (Phi) is 43.3. The Bertz CT molecular complexity index is 4160. The van der Waals surface area contributed by atoms with E-state index < -0.39 is 464 Å². The Balaban J connectivity index is 0.988. The number of carbonyl (C=O) groups excluding carboxylic acids is 6. The molecule has 11 aliphatic rings. The van der Waals surface area contributed by atoms with E-state index in [0.717, 1.165) is 41.5 Å². The van der Waals surface area contributed by atoms with E-state index in [1.165, 1.54) is 0 Å². The fourth-order valence-electron chi connectivity index (χ4n) is 18.8. The van der Waals surface area contributed by atoms with Crippen molar-refractivity contribution >= 4 is 41.4 Å². The third-order valence-corrected chi connectivity index (χ3v) is 26.4. The van der Waals surface area contributed by atoms with Gasteiger partial charge in [0.25, 0.3) is 5.79 Å². The first-order valence-electron chi connectivity index (χ1n) is 46.3. The standard InChI is InChI=1S/C81H134N6O59/c1-19(97)82-37-25(103)7-81(80(124)125,146-66(37)43(105)26(104)8-88)127-18-35-48(110)55(117)59(121)76(136-35)140-63-33(15-95)135-74(42(53(63)115)87-24(6)102)145-69-57(119)47(109)30(12-92)132-79(69)143-67-60(122)77(141-64-34(16-96)133-72(40(51(64)113)85-22(4)100)138-61-31(13-93)128-70(123)38(50(61)112)83-20(2)98)137-36(65(67)142-71-39(84-21(3)99)49(111)44(106)27(9-89)129-71)17-126-78-68(56(118)46(108)29(11-91)131-78)144-73-41(86-23(5)101)52(114)62(32(14-94)134-73)139-75-58(120)54(116)45(107)28(10-90)130-75/h25-79,88-96,103-123H,7-18H2,1-6H3,(H,82,97)(H,83,98)(H,84,99)(H,85,100)(H,86,101)(H,87,102)(H,124,125)/t25-,26+,27+,28+,29+,30+,31+,32+,33+,34+,35+,36+,37+,38+,39+,40+,41+,42+,43+,44+,45-,46+,47+,48-,49+,50+,51+,52+,53+,54-,55-,56-,57-,58+,59+,60-,61+,62+,63+,64+,65+,66+,67+,68-,69-,70?,71-,72-,73-,74-,75-,76-,77-,78-,79+,81+/m0/s1. The number of ether oxygens (including phenoxy) is 21. The molecule has 65 heteroatoms. The zero-order valence-corrected chi connectivity index (χ0v) is 78.5. The van der Waals surface area contributed by atoms with Crippen molar-refractivity contribution in [2.75, 3.05) is 72.7 Å². The molecule has 6 amide bonds. The van der Waals surface area contributed by atoms with Crippen molar-refractivity contribution in [1.29, 1.82) is 0 Å². The molecule has 146 heavy (non-hydrogen) atoms. The van der Waals surface area contributed by atoms with Crippen LogP contribution in [0.5, 0.6) is 0 Å². The molecule has 0 aliphatic carbocycles. The van der Waals surface area contributed by atoms with Crippen molar-refractivity contribution in [3.05, 3.63) is 0 Å². The summed E-state index contributed by atoms with van der Waals surface area (Å²) >= 11 is 0. The monoisotopic (exact) mass is 2130 g/mol. The van der Waals surface area contributed by atoms with Gasteiger partial charge in [-0.3, -0.25) is 28.8 Å². The molecular formula is C81H134N6O59. The minimum atomic E-state index is -3.15. The first kappa shape index (κ1) is 120. The van der Waals surface area contributed by atoms with Crippen molar-refractivity contribution in [2.45, 2.75) is 391 Å². The molecule has 11 fully saturated rings. The minimum Gasteiger partial charge on any atom is -0.477 e. The second-order valence-corrected chi connectivity index (χ2v) is 36.7. The average molecular weight is 2140 g/mol.